The van der Waals surface area contributed by atoms with Gasteiger partial charge in [-0.3, -0.25) is 24.6 Å². The first-order valence-corrected chi connectivity index (χ1v) is 10.0. The van der Waals surface area contributed by atoms with E-state index in [1.807, 2.05) is 62.4 Å². The van der Waals surface area contributed by atoms with Crippen molar-refractivity contribution in [2.75, 3.05) is 11.9 Å². The summed E-state index contributed by atoms with van der Waals surface area (Å²) in [5, 5.41) is 6.25. The number of benzene rings is 2. The Labute approximate surface area is 169 Å². The fraction of sp³-hybridized carbons (Fsp3) is 0.348. The second-order valence-corrected chi connectivity index (χ2v) is 8.31. The molecule has 0 radical (unpaired) electrons. The molecule has 2 aromatic rings. The fourth-order valence-corrected chi connectivity index (χ4v) is 5.24. The normalized spacial score (nSPS) is 30.1. The van der Waals surface area contributed by atoms with Crippen molar-refractivity contribution in [2.24, 2.45) is 11.8 Å². The highest BCUT2D eigenvalue weighted by Gasteiger charge is 2.69. The Hall–Kier alpha value is -2.99. The summed E-state index contributed by atoms with van der Waals surface area (Å²) in [4.78, 5) is 41.1. The lowest BCUT2D eigenvalue weighted by Crippen LogP contribution is -2.53. The molecule has 6 heteroatoms. The molecule has 0 bridgehead atoms. The molecular formula is C23H23N3O3. The lowest BCUT2D eigenvalue weighted by molar-refractivity contribution is -0.142. The van der Waals surface area contributed by atoms with Crippen LogP contribution >= 0.6 is 0 Å². The number of hydrogen-bond acceptors (Lipinski definition) is 4. The zero-order valence-corrected chi connectivity index (χ0v) is 16.4. The number of hydrogen-bond donors (Lipinski definition) is 2. The molecule has 2 N–H and O–H groups in total. The van der Waals surface area contributed by atoms with E-state index in [-0.39, 0.29) is 23.8 Å². The molecule has 0 aliphatic carbocycles. The van der Waals surface area contributed by atoms with E-state index in [4.69, 9.17) is 0 Å². The van der Waals surface area contributed by atoms with Crippen molar-refractivity contribution in [1.29, 1.82) is 0 Å². The predicted octanol–water partition coefficient (Wildman–Crippen LogP) is 1.98. The molecule has 2 saturated heterocycles. The molecule has 4 unspecified atom stereocenters. The summed E-state index contributed by atoms with van der Waals surface area (Å²) >= 11 is 0. The highest BCUT2D eigenvalue weighted by atomic mass is 16.2. The quantitative estimate of drug-likeness (QED) is 0.787. The van der Waals surface area contributed by atoms with Gasteiger partial charge in [0, 0.05) is 23.8 Å². The minimum atomic E-state index is -1.18. The summed E-state index contributed by atoms with van der Waals surface area (Å²) < 4.78 is 0. The second-order valence-electron chi connectivity index (χ2n) is 8.31. The Morgan fingerprint density at radius 2 is 1.79 bits per heavy atom. The molecule has 148 valence electrons. The minimum Gasteiger partial charge on any atom is -0.324 e. The Morgan fingerprint density at radius 3 is 2.55 bits per heavy atom. The van der Waals surface area contributed by atoms with Crippen LogP contribution in [0.1, 0.15) is 23.6 Å². The molecule has 3 heterocycles. The lowest BCUT2D eigenvalue weighted by atomic mass is 9.76. The molecule has 3 aliphatic heterocycles. The van der Waals surface area contributed by atoms with Gasteiger partial charge >= 0.3 is 0 Å². The molecular weight excluding hydrogens is 366 g/mol. The van der Waals surface area contributed by atoms with E-state index in [9.17, 15) is 14.4 Å². The average Bonchev–Trinajstić information content (AvgIpc) is 3.26. The fourth-order valence-electron chi connectivity index (χ4n) is 5.24. The second kappa shape index (κ2) is 6.26. The smallest absolute Gasteiger partial charge is 0.250 e. The Balaban J connectivity index is 1.52. The van der Waals surface area contributed by atoms with Crippen LogP contribution in [0.4, 0.5) is 5.69 Å². The van der Waals surface area contributed by atoms with Crippen LogP contribution in [0, 0.1) is 18.8 Å². The number of imide groups is 1. The zero-order chi connectivity index (χ0) is 20.3. The summed E-state index contributed by atoms with van der Waals surface area (Å²) in [5.41, 5.74) is 2.39. The number of fused-ring (bicyclic) bond motifs is 4. The molecule has 6 nitrogen and oxygen atoms in total. The van der Waals surface area contributed by atoms with Crippen LogP contribution in [0.2, 0.25) is 0 Å². The van der Waals surface area contributed by atoms with E-state index in [1.165, 1.54) is 4.90 Å². The van der Waals surface area contributed by atoms with Crippen molar-refractivity contribution in [1.82, 2.24) is 10.2 Å². The number of carbonyl (C=O) groups excluding carboxylic acids is 3. The maximum Gasteiger partial charge on any atom is 0.250 e. The van der Waals surface area contributed by atoms with Gasteiger partial charge in [-0.2, -0.15) is 0 Å². The molecule has 5 rings (SSSR count). The van der Waals surface area contributed by atoms with Crippen LogP contribution < -0.4 is 10.6 Å². The van der Waals surface area contributed by atoms with Crippen molar-refractivity contribution in [2.45, 2.75) is 31.8 Å². The first kappa shape index (κ1) is 18.1. The summed E-state index contributed by atoms with van der Waals surface area (Å²) in [7, 11) is 0. The van der Waals surface area contributed by atoms with Crippen molar-refractivity contribution >= 4 is 23.4 Å². The summed E-state index contributed by atoms with van der Waals surface area (Å²) in [6, 6.07) is 15.3. The van der Waals surface area contributed by atoms with E-state index >= 15 is 0 Å². The van der Waals surface area contributed by atoms with Gasteiger partial charge in [-0.1, -0.05) is 48.0 Å². The van der Waals surface area contributed by atoms with Gasteiger partial charge in [0.2, 0.25) is 17.7 Å². The number of amides is 3. The zero-order valence-electron chi connectivity index (χ0n) is 16.4. The maximum atomic E-state index is 13.5. The Morgan fingerprint density at radius 1 is 1.03 bits per heavy atom. The lowest BCUT2D eigenvalue weighted by Gasteiger charge is -2.29. The van der Waals surface area contributed by atoms with Gasteiger partial charge in [0.15, 0.2) is 0 Å². The van der Waals surface area contributed by atoms with E-state index in [0.29, 0.717) is 18.7 Å². The van der Waals surface area contributed by atoms with Crippen molar-refractivity contribution in [3.05, 3.63) is 65.2 Å². The number of anilines is 1. The van der Waals surface area contributed by atoms with Crippen LogP contribution in [0.25, 0.3) is 0 Å². The number of aryl methyl sites for hydroxylation is 1. The third-order valence-electron chi connectivity index (χ3n) is 6.58. The van der Waals surface area contributed by atoms with E-state index in [1.54, 1.807) is 0 Å². The van der Waals surface area contributed by atoms with Crippen molar-refractivity contribution in [3.8, 4) is 0 Å². The molecule has 3 aliphatic rings. The number of carbonyl (C=O) groups is 3. The van der Waals surface area contributed by atoms with Gasteiger partial charge in [-0.05, 0) is 31.9 Å². The Bertz CT molecular complexity index is 1030. The molecule has 2 aromatic carbocycles. The highest BCUT2D eigenvalue weighted by molar-refractivity contribution is 6.15. The highest BCUT2D eigenvalue weighted by Crippen LogP contribution is 2.52. The van der Waals surface area contributed by atoms with Gasteiger partial charge in [0.05, 0.1) is 11.8 Å². The predicted molar refractivity (Wildman–Crippen MR) is 108 cm³/mol. The first-order chi connectivity index (χ1) is 13.9. The van der Waals surface area contributed by atoms with Gasteiger partial charge in [-0.15, -0.1) is 0 Å². The van der Waals surface area contributed by atoms with Gasteiger partial charge in [0.25, 0.3) is 0 Å². The minimum absolute atomic E-state index is 0.179. The summed E-state index contributed by atoms with van der Waals surface area (Å²) in [5.74, 6) is -1.93. The van der Waals surface area contributed by atoms with Crippen LogP contribution in [-0.4, -0.2) is 35.2 Å². The third kappa shape index (κ3) is 2.42. The number of likely N-dealkylation sites (tertiary alicyclic amines) is 1. The topological polar surface area (TPSA) is 78.5 Å². The molecule has 2 fully saturated rings. The maximum absolute atomic E-state index is 13.5. The SMILES string of the molecule is Cc1ccc2c(c1)C1(NC(C)C3C(=O)N(CCc4ccccc4)C(=O)C31)C(=O)N2. The number of nitrogens with zero attached hydrogens (tertiary/aromatic N) is 1. The number of rotatable bonds is 3. The van der Waals surface area contributed by atoms with E-state index < -0.39 is 17.4 Å². The van der Waals surface area contributed by atoms with Gasteiger partial charge < -0.3 is 5.32 Å². The molecule has 0 saturated carbocycles. The van der Waals surface area contributed by atoms with Crippen molar-refractivity contribution in [3.63, 3.8) is 0 Å². The van der Waals surface area contributed by atoms with Crippen LogP contribution in [-0.2, 0) is 26.3 Å². The first-order valence-electron chi connectivity index (χ1n) is 10.0. The molecule has 4 atom stereocenters. The third-order valence-corrected chi connectivity index (χ3v) is 6.58. The van der Waals surface area contributed by atoms with E-state index in [0.717, 1.165) is 16.7 Å². The van der Waals surface area contributed by atoms with Gasteiger partial charge in [-0.25, -0.2) is 0 Å². The Kier molecular flexibility index (Phi) is 3.90. The molecule has 29 heavy (non-hydrogen) atoms. The molecule has 1 spiro atoms. The van der Waals surface area contributed by atoms with Gasteiger partial charge in [0.1, 0.15) is 5.54 Å². The number of nitrogens with one attached hydrogen (secondary N) is 2. The summed E-state index contributed by atoms with van der Waals surface area (Å²) in [6.07, 6.45) is 0.606. The van der Waals surface area contributed by atoms with Crippen LogP contribution in [0.3, 0.4) is 0 Å². The standard InChI is InChI=1S/C23H23N3O3/c1-13-8-9-17-16(12-13)23(22(29)24-17)19-18(14(2)25-23)20(27)26(21(19)28)11-10-15-6-4-3-5-7-15/h3-9,12,14,18-19,25H,10-11H2,1-2H3,(H,24,29). The van der Waals surface area contributed by atoms with E-state index in [2.05, 4.69) is 10.6 Å². The van der Waals surface area contributed by atoms with Crippen LogP contribution in [0.5, 0.6) is 0 Å². The molecule has 3 amide bonds. The molecule has 0 aromatic heterocycles. The largest absolute Gasteiger partial charge is 0.324 e. The van der Waals surface area contributed by atoms with Crippen molar-refractivity contribution < 1.29 is 14.4 Å². The van der Waals surface area contributed by atoms with Crippen LogP contribution in [0.15, 0.2) is 48.5 Å². The summed E-state index contributed by atoms with van der Waals surface area (Å²) in [6.45, 7) is 4.18. The average molecular weight is 389 g/mol. The monoisotopic (exact) mass is 389 g/mol.